The van der Waals surface area contributed by atoms with E-state index in [0.717, 1.165) is 23.9 Å². The van der Waals surface area contributed by atoms with Crippen molar-refractivity contribution in [1.29, 1.82) is 0 Å². The lowest BCUT2D eigenvalue weighted by molar-refractivity contribution is 0.00701. The Labute approximate surface area is 194 Å². The highest BCUT2D eigenvalue weighted by Crippen LogP contribution is 2.15. The molecule has 9 nitrogen and oxygen atoms in total. The standard InChI is InChI=1S/C20H29N7O2.HI/c1-5-22-18(25-16-12-27(13-16)19(28)29-20(2,3)4)24-11-15-6-7-17(23-10-15)26-9-8-21-14-26;/h6-10,14,16H,5,11-13H2,1-4H3,(H2,22,24,25);1H. The van der Waals surface area contributed by atoms with Crippen LogP contribution in [-0.2, 0) is 11.3 Å². The van der Waals surface area contributed by atoms with Gasteiger partial charge in [0.15, 0.2) is 5.96 Å². The van der Waals surface area contributed by atoms with Crippen LogP contribution >= 0.6 is 24.0 Å². The summed E-state index contributed by atoms with van der Waals surface area (Å²) in [6.45, 7) is 10.1. The Hall–Kier alpha value is -2.37. The number of pyridine rings is 1. The number of ether oxygens (including phenoxy) is 1. The summed E-state index contributed by atoms with van der Waals surface area (Å²) >= 11 is 0. The van der Waals surface area contributed by atoms with E-state index in [-0.39, 0.29) is 36.1 Å². The fourth-order valence-corrected chi connectivity index (χ4v) is 2.79. The molecule has 1 amide bonds. The minimum Gasteiger partial charge on any atom is -0.444 e. The number of aromatic nitrogens is 3. The van der Waals surface area contributed by atoms with E-state index >= 15 is 0 Å². The molecule has 3 rings (SSSR count). The van der Waals surface area contributed by atoms with Gasteiger partial charge in [-0.3, -0.25) is 4.57 Å². The third-order valence-electron chi connectivity index (χ3n) is 4.22. The summed E-state index contributed by atoms with van der Waals surface area (Å²) in [5.41, 5.74) is 0.531. The number of nitrogens with zero attached hydrogens (tertiary/aromatic N) is 5. The van der Waals surface area contributed by atoms with Gasteiger partial charge in [0.1, 0.15) is 17.7 Å². The maximum atomic E-state index is 12.0. The van der Waals surface area contributed by atoms with E-state index in [0.29, 0.717) is 19.6 Å². The largest absolute Gasteiger partial charge is 0.444 e. The number of imidazole rings is 1. The van der Waals surface area contributed by atoms with Crippen LogP contribution in [0.1, 0.15) is 33.3 Å². The normalized spacial score (nSPS) is 14.5. The molecule has 3 heterocycles. The molecule has 2 N–H and O–H groups in total. The van der Waals surface area contributed by atoms with Gasteiger partial charge in [-0.2, -0.15) is 0 Å². The Balaban J connectivity index is 0.00000320. The number of rotatable bonds is 5. The summed E-state index contributed by atoms with van der Waals surface area (Å²) in [4.78, 5) is 26.8. The van der Waals surface area contributed by atoms with E-state index in [1.807, 2.05) is 56.8 Å². The van der Waals surface area contributed by atoms with Crippen molar-refractivity contribution in [1.82, 2.24) is 30.1 Å². The molecule has 0 unspecified atom stereocenters. The summed E-state index contributed by atoms with van der Waals surface area (Å²) in [7, 11) is 0. The van der Waals surface area contributed by atoms with E-state index in [1.165, 1.54) is 0 Å². The van der Waals surface area contributed by atoms with Gasteiger partial charge < -0.3 is 20.3 Å². The number of amides is 1. The van der Waals surface area contributed by atoms with Gasteiger partial charge in [-0.05, 0) is 39.3 Å². The number of hydrogen-bond donors (Lipinski definition) is 2. The molecule has 0 aliphatic carbocycles. The van der Waals surface area contributed by atoms with Gasteiger partial charge in [0, 0.05) is 38.2 Å². The maximum absolute atomic E-state index is 12.0. The van der Waals surface area contributed by atoms with Crippen molar-refractivity contribution in [3.63, 3.8) is 0 Å². The van der Waals surface area contributed by atoms with Crippen molar-refractivity contribution in [2.75, 3.05) is 19.6 Å². The summed E-state index contributed by atoms with van der Waals surface area (Å²) in [6.07, 6.45) is 6.83. The van der Waals surface area contributed by atoms with Crippen LogP contribution in [0.25, 0.3) is 5.82 Å². The molecule has 1 aliphatic heterocycles. The first kappa shape index (κ1) is 23.9. The lowest BCUT2D eigenvalue weighted by atomic mass is 10.1. The quantitative estimate of drug-likeness (QED) is 0.353. The van der Waals surface area contributed by atoms with E-state index in [4.69, 9.17) is 4.74 Å². The second-order valence-corrected chi connectivity index (χ2v) is 7.92. The molecule has 0 saturated carbocycles. The van der Waals surface area contributed by atoms with E-state index < -0.39 is 5.60 Å². The third kappa shape index (κ3) is 6.85. The van der Waals surface area contributed by atoms with Crippen LogP contribution in [0, 0.1) is 0 Å². The molecular weight excluding hydrogens is 497 g/mol. The van der Waals surface area contributed by atoms with Crippen LogP contribution < -0.4 is 10.6 Å². The zero-order chi connectivity index (χ0) is 20.9. The number of nitrogens with one attached hydrogen (secondary N) is 2. The summed E-state index contributed by atoms with van der Waals surface area (Å²) in [5, 5.41) is 6.60. The number of likely N-dealkylation sites (tertiary alicyclic amines) is 1. The average Bonchev–Trinajstić information content (AvgIpc) is 3.15. The van der Waals surface area contributed by atoms with Crippen molar-refractivity contribution in [2.45, 2.75) is 45.9 Å². The average molecular weight is 527 g/mol. The SMILES string of the molecule is CCNC(=NCc1ccc(-n2ccnc2)nc1)NC1CN(C(=O)OC(C)(C)C)C1.I. The molecule has 0 radical (unpaired) electrons. The molecule has 1 fully saturated rings. The highest BCUT2D eigenvalue weighted by Gasteiger charge is 2.34. The van der Waals surface area contributed by atoms with Gasteiger partial charge in [0.2, 0.25) is 0 Å². The van der Waals surface area contributed by atoms with Crippen LogP contribution in [0.15, 0.2) is 42.0 Å². The van der Waals surface area contributed by atoms with Crippen LogP contribution in [0.2, 0.25) is 0 Å². The molecule has 0 aromatic carbocycles. The van der Waals surface area contributed by atoms with Gasteiger partial charge in [-0.25, -0.2) is 19.8 Å². The molecule has 0 bridgehead atoms. The van der Waals surface area contributed by atoms with Crippen LogP contribution in [-0.4, -0.2) is 62.8 Å². The molecule has 164 valence electrons. The van der Waals surface area contributed by atoms with Gasteiger partial charge >= 0.3 is 6.09 Å². The monoisotopic (exact) mass is 527 g/mol. The second-order valence-electron chi connectivity index (χ2n) is 7.92. The molecule has 2 aromatic rings. The Morgan fingerprint density at radius 1 is 1.33 bits per heavy atom. The number of carbonyl (C=O) groups excluding carboxylic acids is 1. The molecular formula is C20H30IN7O2. The first-order valence-electron chi connectivity index (χ1n) is 9.80. The fourth-order valence-electron chi connectivity index (χ4n) is 2.79. The first-order chi connectivity index (χ1) is 13.8. The Morgan fingerprint density at radius 3 is 2.67 bits per heavy atom. The topological polar surface area (TPSA) is 96.7 Å². The van der Waals surface area contributed by atoms with Gasteiger partial charge in [-0.15, -0.1) is 24.0 Å². The lowest BCUT2D eigenvalue weighted by Crippen LogP contribution is -2.63. The minimum absolute atomic E-state index is 0. The van der Waals surface area contributed by atoms with Crippen LogP contribution in [0.3, 0.4) is 0 Å². The molecule has 1 aliphatic rings. The number of carbonyl (C=O) groups is 1. The highest BCUT2D eigenvalue weighted by atomic mass is 127. The van der Waals surface area contributed by atoms with E-state index in [2.05, 4.69) is 25.6 Å². The highest BCUT2D eigenvalue weighted by molar-refractivity contribution is 14.0. The van der Waals surface area contributed by atoms with Crippen LogP contribution in [0.4, 0.5) is 4.79 Å². The van der Waals surface area contributed by atoms with Crippen molar-refractivity contribution in [3.05, 3.63) is 42.6 Å². The van der Waals surface area contributed by atoms with E-state index in [9.17, 15) is 4.79 Å². The Bertz CT molecular complexity index is 826. The second kappa shape index (κ2) is 10.6. The Kier molecular flexibility index (Phi) is 8.44. The summed E-state index contributed by atoms with van der Waals surface area (Å²) in [5.74, 6) is 1.54. The minimum atomic E-state index is -0.479. The smallest absolute Gasteiger partial charge is 0.410 e. The molecule has 0 spiro atoms. The van der Waals surface area contributed by atoms with Crippen molar-refractivity contribution < 1.29 is 9.53 Å². The van der Waals surface area contributed by atoms with Crippen molar-refractivity contribution >= 4 is 36.0 Å². The Morgan fingerprint density at radius 2 is 2.10 bits per heavy atom. The predicted octanol–water partition coefficient (Wildman–Crippen LogP) is 2.56. The predicted molar refractivity (Wildman–Crippen MR) is 126 cm³/mol. The van der Waals surface area contributed by atoms with Gasteiger partial charge in [0.05, 0.1) is 12.6 Å². The molecule has 1 saturated heterocycles. The van der Waals surface area contributed by atoms with Gasteiger partial charge in [0.25, 0.3) is 0 Å². The number of hydrogen-bond acceptors (Lipinski definition) is 5. The number of halogens is 1. The molecule has 0 atom stereocenters. The lowest BCUT2D eigenvalue weighted by Gasteiger charge is -2.40. The van der Waals surface area contributed by atoms with Gasteiger partial charge in [-0.1, -0.05) is 6.07 Å². The number of aliphatic imine (C=N–C) groups is 1. The summed E-state index contributed by atoms with van der Waals surface area (Å²) < 4.78 is 7.24. The number of guanidine groups is 1. The third-order valence-corrected chi connectivity index (χ3v) is 4.22. The maximum Gasteiger partial charge on any atom is 0.410 e. The van der Waals surface area contributed by atoms with Crippen LogP contribution in [0.5, 0.6) is 0 Å². The van der Waals surface area contributed by atoms with E-state index in [1.54, 1.807) is 17.4 Å². The molecule has 2 aromatic heterocycles. The fraction of sp³-hybridized carbons (Fsp3) is 0.500. The van der Waals surface area contributed by atoms with Crippen molar-refractivity contribution in [2.24, 2.45) is 4.99 Å². The first-order valence-corrected chi connectivity index (χ1v) is 9.80. The zero-order valence-electron chi connectivity index (χ0n) is 17.8. The summed E-state index contributed by atoms with van der Waals surface area (Å²) in [6, 6.07) is 4.10. The molecule has 10 heteroatoms. The zero-order valence-corrected chi connectivity index (χ0v) is 20.2. The molecule has 30 heavy (non-hydrogen) atoms. The van der Waals surface area contributed by atoms with Crippen molar-refractivity contribution in [3.8, 4) is 5.82 Å².